The smallest absolute Gasteiger partial charge is 0.255 e. The minimum atomic E-state index is -0.132. The maximum absolute atomic E-state index is 12.6. The molecule has 4 rings (SSSR count). The number of carbonyl (C=O) groups is 1. The van der Waals surface area contributed by atoms with Crippen LogP contribution in [0.1, 0.15) is 23.2 Å². The van der Waals surface area contributed by atoms with Crippen molar-refractivity contribution in [1.82, 2.24) is 4.57 Å². The predicted molar refractivity (Wildman–Crippen MR) is 102 cm³/mol. The molecule has 1 aromatic heterocycles. The Hall–Kier alpha value is -2.79. The zero-order chi connectivity index (χ0) is 17.9. The van der Waals surface area contributed by atoms with Gasteiger partial charge in [0, 0.05) is 36.3 Å². The third-order valence-electron chi connectivity index (χ3n) is 4.75. The highest BCUT2D eigenvalue weighted by molar-refractivity contribution is 6.08. The van der Waals surface area contributed by atoms with Gasteiger partial charge in [-0.2, -0.15) is 0 Å². The molecule has 5 heteroatoms. The van der Waals surface area contributed by atoms with Crippen molar-refractivity contribution in [3.05, 3.63) is 60.3 Å². The van der Waals surface area contributed by atoms with Crippen LogP contribution in [0.25, 0.3) is 10.9 Å². The molecule has 1 atom stereocenters. The second-order valence-corrected chi connectivity index (χ2v) is 6.59. The number of aromatic nitrogens is 1. The number of rotatable bonds is 5. The van der Waals surface area contributed by atoms with E-state index in [1.165, 1.54) is 0 Å². The molecular weight excluding hydrogens is 328 g/mol. The van der Waals surface area contributed by atoms with Crippen LogP contribution < -0.4 is 10.1 Å². The molecule has 5 nitrogen and oxygen atoms in total. The van der Waals surface area contributed by atoms with Gasteiger partial charge in [-0.05, 0) is 55.3 Å². The maximum Gasteiger partial charge on any atom is 0.255 e. The Labute approximate surface area is 152 Å². The van der Waals surface area contributed by atoms with Gasteiger partial charge in [0.05, 0.1) is 11.8 Å². The Balaban J connectivity index is 1.42. The first-order valence-corrected chi connectivity index (χ1v) is 8.90. The van der Waals surface area contributed by atoms with Gasteiger partial charge in [0.2, 0.25) is 0 Å². The number of fused-ring (bicyclic) bond motifs is 1. The average Bonchev–Trinajstić information content (AvgIpc) is 3.31. The number of aryl methyl sites for hydroxylation is 1. The fourth-order valence-electron chi connectivity index (χ4n) is 3.27. The summed E-state index contributed by atoms with van der Waals surface area (Å²) in [5.41, 5.74) is 2.50. The van der Waals surface area contributed by atoms with E-state index in [4.69, 9.17) is 9.47 Å². The molecule has 3 aromatic rings. The van der Waals surface area contributed by atoms with Gasteiger partial charge in [0.25, 0.3) is 5.91 Å². The lowest BCUT2D eigenvalue weighted by molar-refractivity contribution is 0.0679. The first kappa shape index (κ1) is 16.7. The van der Waals surface area contributed by atoms with Crippen molar-refractivity contribution < 1.29 is 14.3 Å². The van der Waals surface area contributed by atoms with Gasteiger partial charge in [-0.15, -0.1) is 0 Å². The number of ether oxygens (including phenoxy) is 2. The largest absolute Gasteiger partial charge is 0.491 e. The average molecular weight is 350 g/mol. The van der Waals surface area contributed by atoms with Crippen molar-refractivity contribution in [3.8, 4) is 5.75 Å². The summed E-state index contributed by atoms with van der Waals surface area (Å²) in [6.07, 6.45) is 4.32. The van der Waals surface area contributed by atoms with Crippen LogP contribution >= 0.6 is 0 Å². The fourth-order valence-corrected chi connectivity index (χ4v) is 3.27. The topological polar surface area (TPSA) is 52.5 Å². The number of amides is 1. The van der Waals surface area contributed by atoms with Crippen LogP contribution in [-0.4, -0.2) is 29.8 Å². The summed E-state index contributed by atoms with van der Waals surface area (Å²) in [4.78, 5) is 12.6. The van der Waals surface area contributed by atoms with E-state index in [0.717, 1.165) is 41.8 Å². The van der Waals surface area contributed by atoms with Crippen LogP contribution in [0.2, 0.25) is 0 Å². The molecule has 1 aliphatic heterocycles. The number of hydrogen-bond donors (Lipinski definition) is 1. The predicted octanol–water partition coefficient (Wildman–Crippen LogP) is 3.99. The summed E-state index contributed by atoms with van der Waals surface area (Å²) in [6, 6.07) is 15.1. The van der Waals surface area contributed by atoms with Crippen LogP contribution in [0.4, 0.5) is 5.69 Å². The molecule has 134 valence electrons. The van der Waals surface area contributed by atoms with E-state index >= 15 is 0 Å². The summed E-state index contributed by atoms with van der Waals surface area (Å²) in [5, 5.41) is 4.03. The standard InChI is InChI=1S/C21H22N2O3/c1-23-12-11-18-19(5-2-6-20(18)23)22-21(24)15-7-9-16(10-8-15)26-14-17-4-3-13-25-17/h2,5-12,17H,3-4,13-14H2,1H3,(H,22,24). The van der Waals surface area contributed by atoms with Crippen LogP contribution in [0.3, 0.4) is 0 Å². The third-order valence-corrected chi connectivity index (χ3v) is 4.75. The molecule has 0 bridgehead atoms. The molecule has 1 fully saturated rings. The second-order valence-electron chi connectivity index (χ2n) is 6.59. The highest BCUT2D eigenvalue weighted by Gasteiger charge is 2.16. The minimum absolute atomic E-state index is 0.132. The summed E-state index contributed by atoms with van der Waals surface area (Å²) in [7, 11) is 1.99. The lowest BCUT2D eigenvalue weighted by Gasteiger charge is -2.12. The Bertz CT molecular complexity index is 909. The van der Waals surface area contributed by atoms with E-state index in [1.807, 2.05) is 54.2 Å². The van der Waals surface area contributed by atoms with E-state index in [-0.39, 0.29) is 12.0 Å². The molecule has 1 aliphatic rings. The summed E-state index contributed by atoms with van der Waals surface area (Å²) >= 11 is 0. The molecule has 0 saturated carbocycles. The lowest BCUT2D eigenvalue weighted by atomic mass is 10.1. The Morgan fingerprint density at radius 2 is 2.08 bits per heavy atom. The van der Waals surface area contributed by atoms with Gasteiger partial charge >= 0.3 is 0 Å². The van der Waals surface area contributed by atoms with Crippen LogP contribution in [0, 0.1) is 0 Å². The molecule has 1 saturated heterocycles. The van der Waals surface area contributed by atoms with Crippen LogP contribution in [0.5, 0.6) is 5.75 Å². The minimum Gasteiger partial charge on any atom is -0.491 e. The molecule has 26 heavy (non-hydrogen) atoms. The van der Waals surface area contributed by atoms with Gasteiger partial charge in [0.15, 0.2) is 0 Å². The first-order chi connectivity index (χ1) is 12.7. The molecular formula is C21H22N2O3. The van der Waals surface area contributed by atoms with Gasteiger partial charge in [-0.25, -0.2) is 0 Å². The van der Waals surface area contributed by atoms with E-state index in [0.29, 0.717) is 12.2 Å². The van der Waals surface area contributed by atoms with Gasteiger partial charge in [0.1, 0.15) is 12.4 Å². The quantitative estimate of drug-likeness (QED) is 0.757. The normalized spacial score (nSPS) is 16.7. The van der Waals surface area contributed by atoms with E-state index in [9.17, 15) is 4.79 Å². The first-order valence-electron chi connectivity index (χ1n) is 8.90. The highest BCUT2D eigenvalue weighted by atomic mass is 16.5. The van der Waals surface area contributed by atoms with E-state index < -0.39 is 0 Å². The van der Waals surface area contributed by atoms with Crippen molar-refractivity contribution in [3.63, 3.8) is 0 Å². The second kappa shape index (κ2) is 7.22. The van der Waals surface area contributed by atoms with Crippen molar-refractivity contribution >= 4 is 22.5 Å². The van der Waals surface area contributed by atoms with Crippen LogP contribution in [-0.2, 0) is 11.8 Å². The number of nitrogens with zero attached hydrogens (tertiary/aromatic N) is 1. The van der Waals surface area contributed by atoms with Crippen LogP contribution in [0.15, 0.2) is 54.7 Å². The molecule has 1 amide bonds. The zero-order valence-corrected chi connectivity index (χ0v) is 14.8. The highest BCUT2D eigenvalue weighted by Crippen LogP contribution is 2.24. The van der Waals surface area contributed by atoms with Crippen molar-refractivity contribution in [1.29, 1.82) is 0 Å². The summed E-state index contributed by atoms with van der Waals surface area (Å²) < 4.78 is 13.3. The van der Waals surface area contributed by atoms with Gasteiger partial charge in [-0.3, -0.25) is 4.79 Å². The molecule has 2 heterocycles. The molecule has 2 aromatic carbocycles. The van der Waals surface area contributed by atoms with Crippen molar-refractivity contribution in [2.75, 3.05) is 18.5 Å². The number of hydrogen-bond acceptors (Lipinski definition) is 3. The van der Waals surface area contributed by atoms with Crippen molar-refractivity contribution in [2.45, 2.75) is 18.9 Å². The SMILES string of the molecule is Cn1ccc2c(NC(=O)c3ccc(OCC4CCCO4)cc3)cccc21. The maximum atomic E-state index is 12.6. The van der Waals surface area contributed by atoms with Crippen molar-refractivity contribution in [2.24, 2.45) is 7.05 Å². The number of anilines is 1. The Kier molecular flexibility index (Phi) is 4.63. The number of nitrogens with one attached hydrogen (secondary N) is 1. The third kappa shape index (κ3) is 3.44. The molecule has 0 aliphatic carbocycles. The number of carbonyl (C=O) groups excluding carboxylic acids is 1. The molecule has 1 N–H and O–H groups in total. The summed E-state index contributed by atoms with van der Waals surface area (Å²) in [5.74, 6) is 0.620. The van der Waals surface area contributed by atoms with E-state index in [1.54, 1.807) is 12.1 Å². The van der Waals surface area contributed by atoms with Gasteiger partial charge in [-0.1, -0.05) is 6.07 Å². The van der Waals surface area contributed by atoms with Gasteiger partial charge < -0.3 is 19.4 Å². The lowest BCUT2D eigenvalue weighted by Crippen LogP contribution is -2.16. The summed E-state index contributed by atoms with van der Waals surface area (Å²) in [6.45, 7) is 1.38. The Morgan fingerprint density at radius 1 is 1.23 bits per heavy atom. The number of benzene rings is 2. The Morgan fingerprint density at radius 3 is 2.85 bits per heavy atom. The molecule has 0 spiro atoms. The fraction of sp³-hybridized carbons (Fsp3) is 0.286. The molecule has 0 radical (unpaired) electrons. The monoisotopic (exact) mass is 350 g/mol. The zero-order valence-electron chi connectivity index (χ0n) is 14.8. The van der Waals surface area contributed by atoms with E-state index in [2.05, 4.69) is 5.32 Å². The molecule has 1 unspecified atom stereocenters.